The average Bonchev–Trinajstić information content (AvgIpc) is 3.04. The molecular formula is C22H20B5BrNO. The van der Waals surface area contributed by atoms with Gasteiger partial charge in [-0.1, -0.05) is 57.2 Å². The maximum absolute atomic E-state index is 10.8. The second-order valence-electron chi connectivity index (χ2n) is 8.22. The minimum Gasteiger partial charge on any atom is -0.505 e. The molecule has 30 heavy (non-hydrogen) atoms. The number of para-hydroxylation sites is 2. The van der Waals surface area contributed by atoms with Gasteiger partial charge in [-0.05, 0) is 51.2 Å². The minimum absolute atomic E-state index is 0.0102. The van der Waals surface area contributed by atoms with Crippen molar-refractivity contribution in [1.82, 2.24) is 4.57 Å². The number of phenolic OH excluding ortho intramolecular Hbond substituents is 1. The van der Waals surface area contributed by atoms with Gasteiger partial charge in [0.25, 0.3) is 0 Å². The van der Waals surface area contributed by atoms with E-state index < -0.39 is 6.39 Å². The summed E-state index contributed by atoms with van der Waals surface area (Å²) in [6.45, 7) is 6.55. The SMILES string of the molecule is CC(C)(C)c1cc(Br)c(O)c(-n2c3ccccc3c3ccccc32)c1.[B][B]B([B])[B]. The molecule has 0 aliphatic carbocycles. The van der Waals surface area contributed by atoms with Crippen molar-refractivity contribution in [2.75, 3.05) is 0 Å². The Morgan fingerprint density at radius 2 is 1.40 bits per heavy atom. The molecule has 7 radical (unpaired) electrons. The van der Waals surface area contributed by atoms with E-state index >= 15 is 0 Å². The number of aromatic hydroxyl groups is 1. The summed E-state index contributed by atoms with van der Waals surface area (Å²) >= 11 is 3.54. The number of rotatable bonds is 2. The molecule has 141 valence electrons. The van der Waals surface area contributed by atoms with Gasteiger partial charge in [0.15, 0.2) is 5.75 Å². The van der Waals surface area contributed by atoms with Gasteiger partial charge < -0.3 is 9.67 Å². The number of aromatic nitrogens is 1. The van der Waals surface area contributed by atoms with E-state index in [0.717, 1.165) is 21.2 Å². The highest BCUT2D eigenvalue weighted by molar-refractivity contribution is 9.10. The van der Waals surface area contributed by atoms with Crippen LogP contribution in [-0.2, 0) is 5.41 Å². The molecule has 2 nitrogen and oxygen atoms in total. The van der Waals surface area contributed by atoms with E-state index in [-0.39, 0.29) is 11.2 Å². The maximum atomic E-state index is 10.8. The van der Waals surface area contributed by atoms with E-state index in [1.165, 1.54) is 23.4 Å². The number of halogens is 1. The van der Waals surface area contributed by atoms with Crippen LogP contribution in [0.2, 0.25) is 0 Å². The number of benzene rings is 3. The van der Waals surface area contributed by atoms with Crippen molar-refractivity contribution in [3.8, 4) is 11.4 Å². The molecule has 0 fully saturated rings. The Morgan fingerprint density at radius 3 is 1.83 bits per heavy atom. The number of hydrogen-bond donors (Lipinski definition) is 1. The first-order valence-corrected chi connectivity index (χ1v) is 10.5. The molecule has 0 bridgehead atoms. The van der Waals surface area contributed by atoms with E-state index in [2.05, 4.69) is 83.7 Å². The molecule has 4 rings (SSSR count). The molecule has 0 amide bonds. The molecule has 1 N–H and O–H groups in total. The third-order valence-corrected chi connectivity index (χ3v) is 5.56. The zero-order valence-corrected chi connectivity index (χ0v) is 19.0. The zero-order valence-electron chi connectivity index (χ0n) is 17.4. The van der Waals surface area contributed by atoms with Gasteiger partial charge in [0.05, 0.1) is 21.2 Å². The Kier molecular flexibility index (Phi) is 6.86. The molecule has 1 heterocycles. The minimum atomic E-state index is -0.463. The second-order valence-corrected chi connectivity index (χ2v) is 9.07. The van der Waals surface area contributed by atoms with Crippen LogP contribution in [0.3, 0.4) is 0 Å². The Labute approximate surface area is 192 Å². The molecule has 8 heteroatoms. The van der Waals surface area contributed by atoms with Crippen LogP contribution in [0.15, 0.2) is 65.1 Å². The van der Waals surface area contributed by atoms with Crippen LogP contribution in [0.5, 0.6) is 5.75 Å². The van der Waals surface area contributed by atoms with Gasteiger partial charge in [-0.25, -0.2) is 0 Å². The number of phenols is 1. The summed E-state index contributed by atoms with van der Waals surface area (Å²) in [6.07, 6.45) is -0.463. The number of nitrogens with zero attached hydrogens (tertiary/aromatic N) is 1. The zero-order chi connectivity index (χ0) is 22.1. The molecule has 0 saturated heterocycles. The van der Waals surface area contributed by atoms with Crippen LogP contribution in [0.25, 0.3) is 27.5 Å². The number of fused-ring (bicyclic) bond motifs is 3. The molecule has 0 unspecified atom stereocenters. The van der Waals surface area contributed by atoms with Gasteiger partial charge >= 0.3 is 0 Å². The monoisotopic (exact) mass is 448 g/mol. The maximum Gasteiger partial charge on any atom is 0.153 e. The summed E-state index contributed by atoms with van der Waals surface area (Å²) in [5.74, 6) is 0.263. The Hall–Kier alpha value is -1.94. The van der Waals surface area contributed by atoms with Crippen LogP contribution in [-0.4, -0.2) is 46.3 Å². The standard InChI is InChI=1S/C22H20BrNO.B5/c1-22(2,3)14-12-17(23)21(25)20(13-14)24-18-10-6-4-8-15(18)16-9-5-7-11-19(16)24;1-4-5(2)3/h4-13,25H,1-3H3;. The van der Waals surface area contributed by atoms with Crippen LogP contribution >= 0.6 is 15.9 Å². The van der Waals surface area contributed by atoms with Crippen LogP contribution in [0.1, 0.15) is 26.3 Å². The Balaban J connectivity index is 0.000000461. The molecule has 0 saturated carbocycles. The molecule has 0 atom stereocenters. The van der Waals surface area contributed by atoms with Crippen molar-refractivity contribution >= 4 is 74.4 Å². The smallest absolute Gasteiger partial charge is 0.153 e. The quantitative estimate of drug-likeness (QED) is 0.444. The highest BCUT2D eigenvalue weighted by Crippen LogP contribution is 2.40. The van der Waals surface area contributed by atoms with Gasteiger partial charge in [-0.15, -0.1) is 0 Å². The Morgan fingerprint density at radius 1 is 0.933 bits per heavy atom. The normalized spacial score (nSPS) is 11.2. The predicted molar refractivity (Wildman–Crippen MR) is 138 cm³/mol. The van der Waals surface area contributed by atoms with Gasteiger partial charge in [-0.3, -0.25) is 0 Å². The van der Waals surface area contributed by atoms with Crippen molar-refractivity contribution in [3.05, 3.63) is 70.7 Å². The van der Waals surface area contributed by atoms with Crippen LogP contribution in [0, 0.1) is 0 Å². The molecule has 3 aromatic carbocycles. The van der Waals surface area contributed by atoms with Gasteiger partial charge in [-0.2, -0.15) is 0 Å². The lowest BCUT2D eigenvalue weighted by Crippen LogP contribution is -2.23. The summed E-state index contributed by atoms with van der Waals surface area (Å²) in [7, 11) is 15.8. The predicted octanol–water partition coefficient (Wildman–Crippen LogP) is 4.65. The number of hydrogen-bond acceptors (Lipinski definition) is 1. The summed E-state index contributed by atoms with van der Waals surface area (Å²) in [6, 6.07) is 20.8. The van der Waals surface area contributed by atoms with Crippen molar-refractivity contribution in [2.24, 2.45) is 0 Å². The van der Waals surface area contributed by atoms with Crippen molar-refractivity contribution < 1.29 is 5.11 Å². The topological polar surface area (TPSA) is 25.2 Å². The summed E-state index contributed by atoms with van der Waals surface area (Å²) < 4.78 is 2.87. The van der Waals surface area contributed by atoms with E-state index in [1.54, 1.807) is 0 Å². The highest BCUT2D eigenvalue weighted by Gasteiger charge is 2.21. The summed E-state index contributed by atoms with van der Waals surface area (Å²) in [5.41, 5.74) is 4.16. The molecule has 0 aliphatic heterocycles. The van der Waals surface area contributed by atoms with Crippen LogP contribution < -0.4 is 0 Å². The summed E-state index contributed by atoms with van der Waals surface area (Å²) in [5, 5.41) is 13.2. The first-order chi connectivity index (χ1) is 14.1. The van der Waals surface area contributed by atoms with Crippen LogP contribution in [0.4, 0.5) is 0 Å². The van der Waals surface area contributed by atoms with E-state index in [1.807, 2.05) is 18.2 Å². The van der Waals surface area contributed by atoms with Gasteiger partial charge in [0.2, 0.25) is 0 Å². The van der Waals surface area contributed by atoms with Crippen molar-refractivity contribution in [1.29, 1.82) is 0 Å². The lowest BCUT2D eigenvalue weighted by Gasteiger charge is -2.22. The molecule has 0 spiro atoms. The van der Waals surface area contributed by atoms with Crippen molar-refractivity contribution in [2.45, 2.75) is 26.2 Å². The third kappa shape index (κ3) is 4.54. The molecule has 0 aliphatic rings. The van der Waals surface area contributed by atoms with E-state index in [0.29, 0.717) is 0 Å². The Bertz CT molecular complexity index is 1130. The second kappa shape index (κ2) is 9.05. The molecule has 4 aromatic rings. The fourth-order valence-corrected chi connectivity index (χ4v) is 3.82. The van der Waals surface area contributed by atoms with Gasteiger partial charge in [0, 0.05) is 47.4 Å². The van der Waals surface area contributed by atoms with Gasteiger partial charge in [0.1, 0.15) is 0 Å². The van der Waals surface area contributed by atoms with E-state index in [4.69, 9.17) is 23.2 Å². The fraction of sp³-hybridized carbons (Fsp3) is 0.182. The first-order valence-electron chi connectivity index (χ1n) is 9.73. The van der Waals surface area contributed by atoms with Crippen molar-refractivity contribution in [3.63, 3.8) is 0 Å². The highest BCUT2D eigenvalue weighted by atomic mass is 79.9. The van der Waals surface area contributed by atoms with E-state index in [9.17, 15) is 5.11 Å². The summed E-state index contributed by atoms with van der Waals surface area (Å²) in [4.78, 5) is 0. The largest absolute Gasteiger partial charge is 0.505 e. The molecular weight excluding hydrogens is 428 g/mol. The fourth-order valence-electron chi connectivity index (χ4n) is 3.37. The first kappa shape index (κ1) is 22.7. The average molecular weight is 448 g/mol. The molecule has 1 aromatic heterocycles. The lowest BCUT2D eigenvalue weighted by atomic mass is 8.97. The lowest BCUT2D eigenvalue weighted by molar-refractivity contribution is 0.468. The third-order valence-electron chi connectivity index (χ3n) is 4.95.